The molecule has 3 aromatic heterocycles. The van der Waals surface area contributed by atoms with Crippen LogP contribution in [0.5, 0.6) is 0 Å². The molecule has 0 amide bonds. The van der Waals surface area contributed by atoms with E-state index in [1.54, 1.807) is 10.8 Å². The Morgan fingerprint density at radius 2 is 1.54 bits per heavy atom. The molecule has 8 rings (SSSR count). The van der Waals surface area contributed by atoms with Crippen LogP contribution in [-0.4, -0.2) is 18.0 Å². The van der Waals surface area contributed by atoms with E-state index in [1.165, 1.54) is 75.4 Å². The number of thiophene rings is 1. The largest absolute Gasteiger partial charge is 0.305 e. The molecule has 0 spiro atoms. The fourth-order valence-corrected chi connectivity index (χ4v) is 10.6. The van der Waals surface area contributed by atoms with E-state index in [0.717, 1.165) is 28.4 Å². The molecule has 1 atom stereocenters. The first-order chi connectivity index (χ1) is 25.7. The maximum atomic E-state index is 4.77. The van der Waals surface area contributed by atoms with Crippen molar-refractivity contribution in [3.8, 4) is 33.6 Å². The zero-order valence-electron chi connectivity index (χ0n) is 32.6. The minimum Gasteiger partial charge on any atom is -0.305 e. The van der Waals surface area contributed by atoms with Crippen LogP contribution < -0.4 is 5.19 Å². The Bertz CT molecular complexity index is 2290. The standard InChI is InChI=1S/C28H24NS.C21H28NSi.Ir/c1-18(2)19(3)21-15-16-29-25(17-21)23-14-13-22(20-9-5-4-6-10-20)27-24-11-7-8-12-26(24)30-28(23)27;1-23(2,3)21-16-22-20(18-12-8-5-9-13-18)15-19(21)14-17-10-6-4-7-11-17;/h4-13,15-19H,1-3H3;5,8-9,12,15-17H,4,6-7,10-11,14H2,1-3H3;/q2*-1;. The molecule has 1 aliphatic carbocycles. The predicted octanol–water partition coefficient (Wildman–Crippen LogP) is 13.6. The van der Waals surface area contributed by atoms with Crippen LogP contribution in [0, 0.1) is 24.0 Å². The molecule has 1 saturated carbocycles. The minimum atomic E-state index is -1.36. The molecule has 0 aliphatic heterocycles. The average Bonchev–Trinajstić information content (AvgIpc) is 3.58. The third-order valence-corrected chi connectivity index (χ3v) is 14.4. The van der Waals surface area contributed by atoms with E-state index in [-0.39, 0.29) is 20.1 Å². The van der Waals surface area contributed by atoms with Gasteiger partial charge in [0.25, 0.3) is 0 Å². The van der Waals surface area contributed by atoms with Gasteiger partial charge in [-0.3, -0.25) is 0 Å². The molecule has 5 heteroatoms. The second-order valence-electron chi connectivity index (χ2n) is 16.2. The summed E-state index contributed by atoms with van der Waals surface area (Å²) in [5.41, 5.74) is 9.66. The number of pyridine rings is 2. The van der Waals surface area contributed by atoms with E-state index in [9.17, 15) is 0 Å². The molecule has 4 aromatic carbocycles. The van der Waals surface area contributed by atoms with E-state index < -0.39 is 8.07 Å². The molecule has 1 radical (unpaired) electrons. The van der Waals surface area contributed by atoms with E-state index in [4.69, 9.17) is 9.97 Å². The smallest absolute Gasteiger partial charge is 0.0798 e. The normalized spacial score (nSPS) is 14.1. The molecule has 1 fully saturated rings. The van der Waals surface area contributed by atoms with Crippen molar-refractivity contribution < 1.29 is 20.1 Å². The van der Waals surface area contributed by atoms with Crippen LogP contribution in [-0.2, 0) is 26.5 Å². The third kappa shape index (κ3) is 9.03. The van der Waals surface area contributed by atoms with Crippen LogP contribution in [0.2, 0.25) is 19.6 Å². The van der Waals surface area contributed by atoms with Crippen LogP contribution in [0.1, 0.15) is 69.9 Å². The van der Waals surface area contributed by atoms with Crippen molar-refractivity contribution in [1.82, 2.24) is 9.97 Å². The van der Waals surface area contributed by atoms with Gasteiger partial charge in [-0.1, -0.05) is 161 Å². The number of hydrogen-bond donors (Lipinski definition) is 0. The van der Waals surface area contributed by atoms with Crippen LogP contribution in [0.4, 0.5) is 0 Å². The van der Waals surface area contributed by atoms with Gasteiger partial charge < -0.3 is 9.97 Å². The molecule has 2 nitrogen and oxygen atoms in total. The first kappa shape index (κ1) is 39.9. The number of rotatable bonds is 8. The van der Waals surface area contributed by atoms with Gasteiger partial charge in [-0.25, -0.2) is 0 Å². The van der Waals surface area contributed by atoms with Crippen molar-refractivity contribution in [2.75, 3.05) is 0 Å². The van der Waals surface area contributed by atoms with Gasteiger partial charge in [-0.15, -0.1) is 53.6 Å². The fraction of sp³-hybridized carbons (Fsp3) is 0.306. The summed E-state index contributed by atoms with van der Waals surface area (Å²) in [5, 5.41) is 4.15. The molecule has 7 aromatic rings. The molecule has 1 unspecified atom stereocenters. The van der Waals surface area contributed by atoms with Crippen LogP contribution >= 0.6 is 11.3 Å². The maximum Gasteiger partial charge on any atom is 0.0798 e. The Balaban J connectivity index is 0.000000187. The van der Waals surface area contributed by atoms with Gasteiger partial charge in [0, 0.05) is 37.2 Å². The van der Waals surface area contributed by atoms with Gasteiger partial charge in [0.2, 0.25) is 0 Å². The van der Waals surface area contributed by atoms with E-state index in [1.807, 2.05) is 29.7 Å². The van der Waals surface area contributed by atoms with Crippen LogP contribution in [0.25, 0.3) is 53.8 Å². The summed E-state index contributed by atoms with van der Waals surface area (Å²) in [6.07, 6.45) is 12.4. The summed E-state index contributed by atoms with van der Waals surface area (Å²) in [4.78, 5) is 9.52. The first-order valence-electron chi connectivity index (χ1n) is 19.5. The van der Waals surface area contributed by atoms with Crippen molar-refractivity contribution in [2.24, 2.45) is 11.8 Å². The maximum absolute atomic E-state index is 4.77. The van der Waals surface area contributed by atoms with Gasteiger partial charge in [0.15, 0.2) is 0 Å². The van der Waals surface area contributed by atoms with Crippen LogP contribution in [0.3, 0.4) is 0 Å². The van der Waals surface area contributed by atoms with E-state index in [2.05, 4.69) is 150 Å². The molecule has 1 aliphatic rings. The zero-order valence-corrected chi connectivity index (χ0v) is 36.8. The quantitative estimate of drug-likeness (QED) is 0.112. The summed E-state index contributed by atoms with van der Waals surface area (Å²) in [6, 6.07) is 43.3. The molecular formula is C49H52IrN2SSi-2. The summed E-state index contributed by atoms with van der Waals surface area (Å²) in [6.45, 7) is 14.1. The third-order valence-electron chi connectivity index (χ3n) is 11.1. The Morgan fingerprint density at radius 1 is 0.796 bits per heavy atom. The average molecular weight is 921 g/mol. The summed E-state index contributed by atoms with van der Waals surface area (Å²) in [5.74, 6) is 1.95. The number of benzene rings is 4. The van der Waals surface area contributed by atoms with E-state index in [0.29, 0.717) is 11.8 Å². The summed E-state index contributed by atoms with van der Waals surface area (Å²) >= 11 is 1.84. The Hall–Kier alpha value is -3.73. The van der Waals surface area contributed by atoms with E-state index >= 15 is 0 Å². The molecule has 0 saturated heterocycles. The number of nitrogens with zero attached hydrogens (tertiary/aromatic N) is 2. The molecule has 0 N–H and O–H groups in total. The SMILES string of the molecule is CC(C)C(C)c1ccnc(-c2[c-]cc(-c3ccccc3)c3c2sc2ccccc23)c1.C[Si](C)(C)c1cnc(-c2[c-]cccc2)cc1CC1CCCCC1.[Ir]. The second-order valence-corrected chi connectivity index (χ2v) is 22.3. The second kappa shape index (κ2) is 17.8. The fourth-order valence-electron chi connectivity index (χ4n) is 7.80. The minimum absolute atomic E-state index is 0. The molecule has 3 heterocycles. The van der Waals surface area contributed by atoms with Crippen molar-refractivity contribution >= 4 is 44.8 Å². The number of hydrogen-bond acceptors (Lipinski definition) is 3. The van der Waals surface area contributed by atoms with Crippen molar-refractivity contribution in [2.45, 2.75) is 84.9 Å². The van der Waals surface area contributed by atoms with Gasteiger partial charge >= 0.3 is 0 Å². The van der Waals surface area contributed by atoms with Gasteiger partial charge in [0.05, 0.1) is 8.07 Å². The molecule has 54 heavy (non-hydrogen) atoms. The molecule has 279 valence electrons. The molecule has 0 bridgehead atoms. The Kier molecular flexibility index (Phi) is 13.2. The Labute approximate surface area is 341 Å². The predicted molar refractivity (Wildman–Crippen MR) is 232 cm³/mol. The van der Waals surface area contributed by atoms with Gasteiger partial charge in [-0.2, -0.15) is 11.3 Å². The number of aromatic nitrogens is 2. The first-order valence-corrected chi connectivity index (χ1v) is 23.8. The zero-order chi connectivity index (χ0) is 37.0. The van der Waals surface area contributed by atoms with Crippen molar-refractivity contribution in [3.63, 3.8) is 0 Å². The molecular weight excluding hydrogens is 869 g/mol. The summed E-state index contributed by atoms with van der Waals surface area (Å²) in [7, 11) is -1.36. The monoisotopic (exact) mass is 921 g/mol. The van der Waals surface area contributed by atoms with Crippen LogP contribution in [0.15, 0.2) is 116 Å². The Morgan fingerprint density at radius 3 is 2.26 bits per heavy atom. The van der Waals surface area contributed by atoms with Crippen molar-refractivity contribution in [3.05, 3.63) is 139 Å². The number of fused-ring (bicyclic) bond motifs is 3. The topological polar surface area (TPSA) is 25.8 Å². The summed E-state index contributed by atoms with van der Waals surface area (Å²) < 4.78 is 2.57. The van der Waals surface area contributed by atoms with Crippen molar-refractivity contribution in [1.29, 1.82) is 0 Å². The van der Waals surface area contributed by atoms with Gasteiger partial charge in [0.1, 0.15) is 0 Å². The van der Waals surface area contributed by atoms with Gasteiger partial charge in [-0.05, 0) is 63.0 Å².